The SMILES string of the molecule is C=CCCC(C)Nc1cccc(N2CCCC2=O)c1. The molecule has 1 atom stereocenters. The van der Waals surface area contributed by atoms with Crippen LogP contribution in [0.4, 0.5) is 11.4 Å². The zero-order valence-corrected chi connectivity index (χ0v) is 11.6. The molecule has 102 valence electrons. The number of carbonyl (C=O) groups excluding carboxylic acids is 1. The maximum atomic E-state index is 11.7. The van der Waals surface area contributed by atoms with Crippen molar-refractivity contribution in [2.24, 2.45) is 0 Å². The Kier molecular flexibility index (Phi) is 4.61. The first-order valence-corrected chi connectivity index (χ1v) is 6.98. The van der Waals surface area contributed by atoms with Crippen molar-refractivity contribution in [2.75, 3.05) is 16.8 Å². The second kappa shape index (κ2) is 6.41. The van der Waals surface area contributed by atoms with Crippen LogP contribution < -0.4 is 10.2 Å². The number of hydrogen-bond acceptors (Lipinski definition) is 2. The number of rotatable bonds is 6. The number of nitrogens with zero attached hydrogens (tertiary/aromatic N) is 1. The summed E-state index contributed by atoms with van der Waals surface area (Å²) >= 11 is 0. The lowest BCUT2D eigenvalue weighted by Gasteiger charge is -2.19. The standard InChI is InChI=1S/C16H22N2O/c1-3-4-7-13(2)17-14-8-5-9-15(12-14)18-11-6-10-16(18)19/h3,5,8-9,12-13,17H,1,4,6-7,10-11H2,2H3. The van der Waals surface area contributed by atoms with Crippen LogP contribution in [0.25, 0.3) is 0 Å². The smallest absolute Gasteiger partial charge is 0.227 e. The van der Waals surface area contributed by atoms with E-state index in [2.05, 4.69) is 31.0 Å². The first-order valence-electron chi connectivity index (χ1n) is 6.98. The van der Waals surface area contributed by atoms with Crippen molar-refractivity contribution in [3.8, 4) is 0 Å². The summed E-state index contributed by atoms with van der Waals surface area (Å²) in [5.41, 5.74) is 2.08. The van der Waals surface area contributed by atoms with E-state index in [0.717, 1.165) is 37.2 Å². The van der Waals surface area contributed by atoms with Gasteiger partial charge in [0.25, 0.3) is 0 Å². The number of anilines is 2. The first-order chi connectivity index (χ1) is 9.20. The van der Waals surface area contributed by atoms with Crippen LogP contribution in [0.1, 0.15) is 32.6 Å². The van der Waals surface area contributed by atoms with Crippen LogP contribution in [0.3, 0.4) is 0 Å². The maximum Gasteiger partial charge on any atom is 0.227 e. The molecule has 19 heavy (non-hydrogen) atoms. The minimum absolute atomic E-state index is 0.233. The Labute approximate surface area is 115 Å². The quantitative estimate of drug-likeness (QED) is 0.791. The summed E-state index contributed by atoms with van der Waals surface area (Å²) in [6, 6.07) is 8.52. The van der Waals surface area contributed by atoms with Crippen molar-refractivity contribution >= 4 is 17.3 Å². The van der Waals surface area contributed by atoms with Crippen LogP contribution in [0.2, 0.25) is 0 Å². The van der Waals surface area contributed by atoms with E-state index in [1.165, 1.54) is 0 Å². The lowest BCUT2D eigenvalue weighted by atomic mass is 10.1. The van der Waals surface area contributed by atoms with E-state index in [0.29, 0.717) is 12.5 Å². The molecule has 1 aromatic rings. The fraction of sp³-hybridized carbons (Fsp3) is 0.438. The van der Waals surface area contributed by atoms with Crippen LogP contribution in [-0.2, 0) is 4.79 Å². The maximum absolute atomic E-state index is 11.7. The van der Waals surface area contributed by atoms with Crippen LogP contribution in [0, 0.1) is 0 Å². The van der Waals surface area contributed by atoms with Gasteiger partial charge in [0.15, 0.2) is 0 Å². The normalized spacial score (nSPS) is 16.5. The third-order valence-electron chi connectivity index (χ3n) is 3.45. The second-order valence-corrected chi connectivity index (χ2v) is 5.11. The molecular weight excluding hydrogens is 236 g/mol. The molecule has 2 rings (SSSR count). The van der Waals surface area contributed by atoms with E-state index < -0.39 is 0 Å². The molecule has 1 aliphatic rings. The van der Waals surface area contributed by atoms with Gasteiger partial charge in [0.1, 0.15) is 0 Å². The Morgan fingerprint density at radius 3 is 3.05 bits per heavy atom. The molecule has 0 saturated carbocycles. The predicted molar refractivity (Wildman–Crippen MR) is 80.5 cm³/mol. The highest BCUT2D eigenvalue weighted by molar-refractivity contribution is 5.95. The molecule has 0 bridgehead atoms. The van der Waals surface area contributed by atoms with E-state index in [1.807, 2.05) is 23.1 Å². The molecule has 0 aromatic heterocycles. The minimum Gasteiger partial charge on any atom is -0.383 e. The lowest BCUT2D eigenvalue weighted by molar-refractivity contribution is -0.117. The third kappa shape index (κ3) is 3.60. The van der Waals surface area contributed by atoms with E-state index >= 15 is 0 Å². The van der Waals surface area contributed by atoms with Gasteiger partial charge in [-0.1, -0.05) is 12.1 Å². The molecule has 3 heteroatoms. The number of benzene rings is 1. The zero-order valence-electron chi connectivity index (χ0n) is 11.6. The summed E-state index contributed by atoms with van der Waals surface area (Å²) in [6.07, 6.45) is 5.66. The first kappa shape index (κ1) is 13.7. The molecule has 1 saturated heterocycles. The molecule has 0 spiro atoms. The highest BCUT2D eigenvalue weighted by atomic mass is 16.2. The Hall–Kier alpha value is -1.77. The highest BCUT2D eigenvalue weighted by Gasteiger charge is 2.21. The molecule has 1 aliphatic heterocycles. The minimum atomic E-state index is 0.233. The van der Waals surface area contributed by atoms with Gasteiger partial charge in [0.05, 0.1) is 0 Å². The number of allylic oxidation sites excluding steroid dienone is 1. The third-order valence-corrected chi connectivity index (χ3v) is 3.45. The van der Waals surface area contributed by atoms with Crippen molar-refractivity contribution in [3.05, 3.63) is 36.9 Å². The molecule has 1 heterocycles. The van der Waals surface area contributed by atoms with Gasteiger partial charge in [0, 0.05) is 30.4 Å². The van der Waals surface area contributed by atoms with Crippen molar-refractivity contribution < 1.29 is 4.79 Å². The monoisotopic (exact) mass is 258 g/mol. The van der Waals surface area contributed by atoms with Crippen molar-refractivity contribution in [1.82, 2.24) is 0 Å². The fourth-order valence-corrected chi connectivity index (χ4v) is 2.41. The lowest BCUT2D eigenvalue weighted by Crippen LogP contribution is -2.23. The topological polar surface area (TPSA) is 32.3 Å². The van der Waals surface area contributed by atoms with Gasteiger partial charge in [0.2, 0.25) is 5.91 Å². The molecule has 0 radical (unpaired) electrons. The Bertz CT molecular complexity index is 456. The van der Waals surface area contributed by atoms with Crippen molar-refractivity contribution in [1.29, 1.82) is 0 Å². The van der Waals surface area contributed by atoms with E-state index in [1.54, 1.807) is 0 Å². The molecule has 1 fully saturated rings. The zero-order chi connectivity index (χ0) is 13.7. The van der Waals surface area contributed by atoms with Gasteiger partial charge >= 0.3 is 0 Å². The van der Waals surface area contributed by atoms with Gasteiger partial charge in [-0.25, -0.2) is 0 Å². The number of hydrogen-bond donors (Lipinski definition) is 1. The molecule has 0 aliphatic carbocycles. The summed E-state index contributed by atoms with van der Waals surface area (Å²) < 4.78 is 0. The summed E-state index contributed by atoms with van der Waals surface area (Å²) in [5, 5.41) is 3.47. The summed E-state index contributed by atoms with van der Waals surface area (Å²) in [5.74, 6) is 0.233. The van der Waals surface area contributed by atoms with Gasteiger partial charge in [-0.2, -0.15) is 0 Å². The van der Waals surface area contributed by atoms with E-state index in [4.69, 9.17) is 0 Å². The van der Waals surface area contributed by atoms with E-state index in [9.17, 15) is 4.79 Å². The fourth-order valence-electron chi connectivity index (χ4n) is 2.41. The van der Waals surface area contributed by atoms with Gasteiger partial charge in [-0.05, 0) is 44.4 Å². The van der Waals surface area contributed by atoms with Crippen LogP contribution in [0.5, 0.6) is 0 Å². The van der Waals surface area contributed by atoms with Crippen molar-refractivity contribution in [3.63, 3.8) is 0 Å². The molecule has 1 unspecified atom stereocenters. The molecular formula is C16H22N2O. The Balaban J connectivity index is 2.02. The van der Waals surface area contributed by atoms with Crippen LogP contribution in [0.15, 0.2) is 36.9 Å². The predicted octanol–water partition coefficient (Wildman–Crippen LogP) is 3.58. The summed E-state index contributed by atoms with van der Waals surface area (Å²) in [6.45, 7) is 6.75. The average molecular weight is 258 g/mol. The average Bonchev–Trinajstić information content (AvgIpc) is 2.83. The highest BCUT2D eigenvalue weighted by Crippen LogP contribution is 2.24. The number of amides is 1. The Morgan fingerprint density at radius 2 is 2.37 bits per heavy atom. The van der Waals surface area contributed by atoms with Gasteiger partial charge in [-0.15, -0.1) is 6.58 Å². The number of carbonyl (C=O) groups is 1. The largest absolute Gasteiger partial charge is 0.383 e. The van der Waals surface area contributed by atoms with Crippen LogP contribution in [-0.4, -0.2) is 18.5 Å². The van der Waals surface area contributed by atoms with Crippen molar-refractivity contribution in [2.45, 2.75) is 38.6 Å². The van der Waals surface area contributed by atoms with Gasteiger partial charge in [-0.3, -0.25) is 4.79 Å². The number of nitrogens with one attached hydrogen (secondary N) is 1. The molecule has 1 N–H and O–H groups in total. The molecule has 3 nitrogen and oxygen atoms in total. The molecule has 1 amide bonds. The second-order valence-electron chi connectivity index (χ2n) is 5.11. The van der Waals surface area contributed by atoms with Crippen LogP contribution >= 0.6 is 0 Å². The van der Waals surface area contributed by atoms with Gasteiger partial charge < -0.3 is 10.2 Å². The molecule has 1 aromatic carbocycles. The summed E-state index contributed by atoms with van der Waals surface area (Å²) in [4.78, 5) is 13.6. The summed E-state index contributed by atoms with van der Waals surface area (Å²) in [7, 11) is 0. The Morgan fingerprint density at radius 1 is 1.53 bits per heavy atom. The van der Waals surface area contributed by atoms with E-state index in [-0.39, 0.29) is 5.91 Å².